The molecule has 1 atom stereocenters. The molecule has 0 spiro atoms. The van der Waals surface area contributed by atoms with E-state index in [4.69, 9.17) is 5.11 Å². The van der Waals surface area contributed by atoms with Gasteiger partial charge in [0.15, 0.2) is 0 Å². The van der Waals surface area contributed by atoms with Gasteiger partial charge in [0.25, 0.3) is 0 Å². The van der Waals surface area contributed by atoms with Crippen molar-refractivity contribution in [1.82, 2.24) is 19.7 Å². The Bertz CT molecular complexity index is 652. The average molecular weight is 320 g/mol. The Morgan fingerprint density at radius 3 is 3.14 bits per heavy atom. The Hall–Kier alpha value is -1.73. The lowest BCUT2D eigenvalue weighted by molar-refractivity contribution is -0.137. The zero-order valence-electron chi connectivity index (χ0n) is 12.6. The zero-order chi connectivity index (χ0) is 15.5. The lowest BCUT2D eigenvalue weighted by atomic mass is 9.94. The summed E-state index contributed by atoms with van der Waals surface area (Å²) >= 11 is 1.68. The van der Waals surface area contributed by atoms with E-state index in [-0.39, 0.29) is 6.54 Å². The van der Waals surface area contributed by atoms with E-state index in [0.29, 0.717) is 5.92 Å². The van der Waals surface area contributed by atoms with Crippen molar-refractivity contribution in [2.45, 2.75) is 38.8 Å². The van der Waals surface area contributed by atoms with Crippen LogP contribution in [0.3, 0.4) is 0 Å². The molecule has 3 heterocycles. The second-order valence-electron chi connectivity index (χ2n) is 5.74. The summed E-state index contributed by atoms with van der Waals surface area (Å²) in [5, 5.41) is 16.3. The quantitative estimate of drug-likeness (QED) is 0.913. The Kier molecular flexibility index (Phi) is 4.54. The minimum Gasteiger partial charge on any atom is -0.480 e. The summed E-state index contributed by atoms with van der Waals surface area (Å²) in [6.45, 7) is 4.83. The summed E-state index contributed by atoms with van der Waals surface area (Å²) in [4.78, 5) is 17.9. The van der Waals surface area contributed by atoms with Gasteiger partial charge in [0.1, 0.15) is 6.54 Å². The molecule has 3 rings (SSSR count). The third-order valence-electron chi connectivity index (χ3n) is 4.01. The van der Waals surface area contributed by atoms with Gasteiger partial charge in [-0.15, -0.1) is 11.3 Å². The first-order valence-electron chi connectivity index (χ1n) is 7.48. The summed E-state index contributed by atoms with van der Waals surface area (Å²) in [5.41, 5.74) is 2.16. The van der Waals surface area contributed by atoms with E-state index in [1.807, 2.05) is 13.0 Å². The van der Waals surface area contributed by atoms with Crippen LogP contribution in [0.4, 0.5) is 0 Å². The molecule has 2 aromatic rings. The predicted octanol–water partition coefficient (Wildman–Crippen LogP) is 2.11. The zero-order valence-corrected chi connectivity index (χ0v) is 13.4. The molecule has 22 heavy (non-hydrogen) atoms. The highest BCUT2D eigenvalue weighted by molar-refractivity contribution is 7.09. The second-order valence-corrected chi connectivity index (χ2v) is 6.80. The van der Waals surface area contributed by atoms with Crippen molar-refractivity contribution in [3.05, 3.63) is 34.0 Å². The van der Waals surface area contributed by atoms with Gasteiger partial charge >= 0.3 is 5.97 Å². The molecule has 0 radical (unpaired) electrons. The van der Waals surface area contributed by atoms with Gasteiger partial charge in [-0.2, -0.15) is 5.10 Å². The molecule has 2 aromatic heterocycles. The molecular weight excluding hydrogens is 300 g/mol. The molecule has 1 aliphatic heterocycles. The van der Waals surface area contributed by atoms with Gasteiger partial charge in [0.2, 0.25) is 0 Å². The number of aromatic nitrogens is 3. The number of carboxylic acids is 1. The van der Waals surface area contributed by atoms with Crippen LogP contribution in [0.5, 0.6) is 0 Å². The number of carboxylic acid groups (broad SMARTS) is 1. The lowest BCUT2D eigenvalue weighted by Gasteiger charge is -2.32. The van der Waals surface area contributed by atoms with Crippen LogP contribution >= 0.6 is 11.3 Å². The van der Waals surface area contributed by atoms with Crippen LogP contribution in [-0.4, -0.2) is 43.8 Å². The predicted molar refractivity (Wildman–Crippen MR) is 84.0 cm³/mol. The first-order valence-corrected chi connectivity index (χ1v) is 8.36. The molecule has 0 amide bonds. The van der Waals surface area contributed by atoms with Crippen molar-refractivity contribution in [3.8, 4) is 0 Å². The number of nitrogens with zero attached hydrogens (tertiary/aromatic N) is 4. The smallest absolute Gasteiger partial charge is 0.325 e. The normalized spacial score (nSPS) is 19.4. The summed E-state index contributed by atoms with van der Waals surface area (Å²) in [5.74, 6) is -0.508. The SMILES string of the molecule is Cc1nc(CN2CCC[C@@H](c3ccnn3CC(=O)O)C2)cs1. The van der Waals surface area contributed by atoms with Gasteiger partial charge in [-0.25, -0.2) is 4.98 Å². The van der Waals surface area contributed by atoms with Crippen molar-refractivity contribution in [1.29, 1.82) is 0 Å². The van der Waals surface area contributed by atoms with Gasteiger partial charge in [-0.3, -0.25) is 14.4 Å². The number of aryl methyl sites for hydroxylation is 1. The molecule has 1 N–H and O–H groups in total. The lowest BCUT2D eigenvalue weighted by Crippen LogP contribution is -2.35. The van der Waals surface area contributed by atoms with Crippen molar-refractivity contribution in [2.24, 2.45) is 0 Å². The highest BCUT2D eigenvalue weighted by Gasteiger charge is 2.24. The van der Waals surface area contributed by atoms with Crippen LogP contribution in [0.25, 0.3) is 0 Å². The molecule has 0 bridgehead atoms. The minimum atomic E-state index is -0.851. The summed E-state index contributed by atoms with van der Waals surface area (Å²) in [6.07, 6.45) is 3.89. The van der Waals surface area contributed by atoms with E-state index >= 15 is 0 Å². The number of thiazole rings is 1. The largest absolute Gasteiger partial charge is 0.480 e. The summed E-state index contributed by atoms with van der Waals surface area (Å²) < 4.78 is 1.61. The molecule has 6 nitrogen and oxygen atoms in total. The molecule has 1 saturated heterocycles. The molecule has 0 aromatic carbocycles. The Morgan fingerprint density at radius 2 is 2.41 bits per heavy atom. The van der Waals surface area contributed by atoms with Crippen LogP contribution in [0.1, 0.15) is 35.2 Å². The van der Waals surface area contributed by atoms with E-state index in [1.165, 1.54) is 0 Å². The van der Waals surface area contributed by atoms with Crippen LogP contribution in [0, 0.1) is 6.92 Å². The van der Waals surface area contributed by atoms with E-state index in [9.17, 15) is 4.79 Å². The second kappa shape index (κ2) is 6.58. The highest BCUT2D eigenvalue weighted by Crippen LogP contribution is 2.27. The number of hydrogen-bond donors (Lipinski definition) is 1. The van der Waals surface area contributed by atoms with Gasteiger partial charge < -0.3 is 5.11 Å². The monoisotopic (exact) mass is 320 g/mol. The summed E-state index contributed by atoms with van der Waals surface area (Å²) in [7, 11) is 0. The van der Waals surface area contributed by atoms with Gasteiger partial charge in [-0.1, -0.05) is 0 Å². The molecule has 0 unspecified atom stereocenters. The molecular formula is C15H20N4O2S. The standard InChI is InChI=1S/C15H20N4O2S/c1-11-17-13(10-22-11)8-18-6-2-3-12(7-18)14-4-5-16-19(14)9-15(20)21/h4-5,10,12H,2-3,6-9H2,1H3,(H,20,21)/t12-/m1/s1. The highest BCUT2D eigenvalue weighted by atomic mass is 32.1. The number of likely N-dealkylation sites (tertiary alicyclic amines) is 1. The Morgan fingerprint density at radius 1 is 1.55 bits per heavy atom. The number of carbonyl (C=O) groups is 1. The fraction of sp³-hybridized carbons (Fsp3) is 0.533. The van der Waals surface area contributed by atoms with Crippen LogP contribution in [0.15, 0.2) is 17.6 Å². The minimum absolute atomic E-state index is 0.0654. The molecule has 0 saturated carbocycles. The first-order chi connectivity index (χ1) is 10.6. The molecule has 1 fully saturated rings. The van der Waals surface area contributed by atoms with Crippen molar-refractivity contribution in [2.75, 3.05) is 13.1 Å². The third-order valence-corrected chi connectivity index (χ3v) is 4.83. The fourth-order valence-electron chi connectivity index (χ4n) is 3.10. The molecule has 7 heteroatoms. The van der Waals surface area contributed by atoms with Gasteiger partial charge in [-0.05, 0) is 32.4 Å². The van der Waals surface area contributed by atoms with Gasteiger partial charge in [0, 0.05) is 36.3 Å². The maximum Gasteiger partial charge on any atom is 0.325 e. The van der Waals surface area contributed by atoms with Crippen LogP contribution < -0.4 is 0 Å². The number of hydrogen-bond acceptors (Lipinski definition) is 5. The van der Waals surface area contributed by atoms with Gasteiger partial charge in [0.05, 0.1) is 10.7 Å². The first kappa shape index (κ1) is 15.2. The van der Waals surface area contributed by atoms with Crippen molar-refractivity contribution >= 4 is 17.3 Å². The topological polar surface area (TPSA) is 71.2 Å². The van der Waals surface area contributed by atoms with Crippen molar-refractivity contribution < 1.29 is 9.90 Å². The molecule has 118 valence electrons. The van der Waals surface area contributed by atoms with E-state index in [2.05, 4.69) is 20.4 Å². The van der Waals surface area contributed by atoms with E-state index in [0.717, 1.165) is 48.9 Å². The number of piperidine rings is 1. The maximum atomic E-state index is 10.9. The average Bonchev–Trinajstić information content (AvgIpc) is 3.08. The fourth-order valence-corrected chi connectivity index (χ4v) is 3.70. The van der Waals surface area contributed by atoms with Crippen LogP contribution in [0.2, 0.25) is 0 Å². The number of rotatable bonds is 5. The maximum absolute atomic E-state index is 10.9. The van der Waals surface area contributed by atoms with Crippen molar-refractivity contribution in [3.63, 3.8) is 0 Å². The van der Waals surface area contributed by atoms with Crippen LogP contribution in [-0.2, 0) is 17.9 Å². The third kappa shape index (κ3) is 3.53. The van der Waals surface area contributed by atoms with E-state index < -0.39 is 5.97 Å². The Balaban J connectivity index is 1.68. The summed E-state index contributed by atoms with van der Waals surface area (Å²) in [6, 6.07) is 1.95. The molecule has 1 aliphatic rings. The Labute approximate surface area is 133 Å². The molecule has 0 aliphatic carbocycles. The number of aliphatic carboxylic acids is 1. The van der Waals surface area contributed by atoms with E-state index in [1.54, 1.807) is 22.2 Å².